The standard InChI is InChI=1S/C14H24N4OS/c1-13(2)5-9(6-14(3,4)18-13)16-12(19)10-8-20-11(7-15)17-10/h8-9,18H,5-7,15H2,1-4H3,(H,16,19). The Labute approximate surface area is 124 Å². The maximum Gasteiger partial charge on any atom is 0.270 e. The molecule has 0 aromatic carbocycles. The molecule has 0 radical (unpaired) electrons. The van der Waals surface area contributed by atoms with Gasteiger partial charge in [-0.15, -0.1) is 11.3 Å². The van der Waals surface area contributed by atoms with Crippen LogP contribution in [0.2, 0.25) is 0 Å². The summed E-state index contributed by atoms with van der Waals surface area (Å²) in [7, 11) is 0. The molecule has 112 valence electrons. The van der Waals surface area contributed by atoms with E-state index in [9.17, 15) is 4.79 Å². The number of hydrogen-bond acceptors (Lipinski definition) is 5. The van der Waals surface area contributed by atoms with Gasteiger partial charge in [-0.1, -0.05) is 0 Å². The zero-order valence-corrected chi connectivity index (χ0v) is 13.4. The van der Waals surface area contributed by atoms with Crippen molar-refractivity contribution in [2.75, 3.05) is 0 Å². The first-order valence-corrected chi connectivity index (χ1v) is 7.83. The van der Waals surface area contributed by atoms with Crippen molar-refractivity contribution in [1.29, 1.82) is 0 Å². The lowest BCUT2D eigenvalue weighted by Crippen LogP contribution is -2.62. The lowest BCUT2D eigenvalue weighted by Gasteiger charge is -2.46. The minimum atomic E-state index is -0.0977. The molecule has 0 bridgehead atoms. The second-order valence-electron chi connectivity index (χ2n) is 6.80. The van der Waals surface area contributed by atoms with Gasteiger partial charge in [-0.05, 0) is 40.5 Å². The predicted molar refractivity (Wildman–Crippen MR) is 81.8 cm³/mol. The highest BCUT2D eigenvalue weighted by molar-refractivity contribution is 7.09. The minimum Gasteiger partial charge on any atom is -0.348 e. The van der Waals surface area contributed by atoms with Gasteiger partial charge in [0.05, 0.1) is 0 Å². The average Bonchev–Trinajstić information content (AvgIpc) is 2.72. The zero-order chi connectivity index (χ0) is 15.0. The van der Waals surface area contributed by atoms with Crippen LogP contribution in [0.1, 0.15) is 56.0 Å². The molecule has 0 saturated carbocycles. The highest BCUT2D eigenvalue weighted by Crippen LogP contribution is 2.28. The van der Waals surface area contributed by atoms with Gasteiger partial charge in [0.2, 0.25) is 0 Å². The van der Waals surface area contributed by atoms with Crippen LogP contribution in [0.4, 0.5) is 0 Å². The van der Waals surface area contributed by atoms with E-state index < -0.39 is 0 Å². The SMILES string of the molecule is CC1(C)CC(NC(=O)c2csc(CN)n2)CC(C)(C)N1. The molecule has 0 atom stereocenters. The molecule has 1 fully saturated rings. The molecule has 2 rings (SSSR count). The Bertz CT molecular complexity index is 479. The molecule has 0 aliphatic carbocycles. The smallest absolute Gasteiger partial charge is 0.270 e. The van der Waals surface area contributed by atoms with Gasteiger partial charge >= 0.3 is 0 Å². The largest absolute Gasteiger partial charge is 0.348 e. The van der Waals surface area contributed by atoms with Crippen molar-refractivity contribution in [3.05, 3.63) is 16.1 Å². The molecule has 2 heterocycles. The summed E-state index contributed by atoms with van der Waals surface area (Å²) in [6.45, 7) is 9.06. The monoisotopic (exact) mass is 296 g/mol. The van der Waals surface area contributed by atoms with E-state index >= 15 is 0 Å². The second kappa shape index (κ2) is 5.42. The summed E-state index contributed by atoms with van der Waals surface area (Å²) in [5.41, 5.74) is 6.04. The van der Waals surface area contributed by atoms with Gasteiger partial charge in [0.1, 0.15) is 10.7 Å². The van der Waals surface area contributed by atoms with Gasteiger partial charge in [-0.2, -0.15) is 0 Å². The number of hydrogen-bond donors (Lipinski definition) is 3. The van der Waals surface area contributed by atoms with Crippen molar-refractivity contribution < 1.29 is 4.79 Å². The molecule has 1 aromatic rings. The molecular weight excluding hydrogens is 272 g/mol. The number of carbonyl (C=O) groups is 1. The quantitative estimate of drug-likeness (QED) is 0.792. The third kappa shape index (κ3) is 3.77. The van der Waals surface area contributed by atoms with Gasteiger partial charge in [0.15, 0.2) is 0 Å². The van der Waals surface area contributed by atoms with Crippen LogP contribution in [-0.2, 0) is 6.54 Å². The predicted octanol–water partition coefficient (Wildman–Crippen LogP) is 1.64. The summed E-state index contributed by atoms with van der Waals surface area (Å²) in [6.07, 6.45) is 1.83. The molecule has 1 amide bonds. The first-order valence-electron chi connectivity index (χ1n) is 6.95. The van der Waals surface area contributed by atoms with Crippen LogP contribution in [0.25, 0.3) is 0 Å². The molecule has 0 unspecified atom stereocenters. The fourth-order valence-electron chi connectivity index (χ4n) is 3.19. The maximum atomic E-state index is 12.2. The van der Waals surface area contributed by atoms with Crippen LogP contribution in [-0.4, -0.2) is 28.0 Å². The molecule has 20 heavy (non-hydrogen) atoms. The molecule has 5 nitrogen and oxygen atoms in total. The lowest BCUT2D eigenvalue weighted by molar-refractivity contribution is 0.0869. The summed E-state index contributed by atoms with van der Waals surface area (Å²) in [6, 6.07) is 0.164. The van der Waals surface area contributed by atoms with E-state index in [1.165, 1.54) is 11.3 Å². The number of nitrogens with one attached hydrogen (secondary N) is 2. The average molecular weight is 296 g/mol. The third-order valence-corrected chi connectivity index (χ3v) is 4.36. The van der Waals surface area contributed by atoms with Crippen molar-refractivity contribution in [3.8, 4) is 0 Å². The summed E-state index contributed by atoms with van der Waals surface area (Å²) >= 11 is 1.43. The first kappa shape index (κ1) is 15.4. The van der Waals surface area contributed by atoms with E-state index in [2.05, 4.69) is 43.3 Å². The molecular formula is C14H24N4OS. The van der Waals surface area contributed by atoms with Crippen molar-refractivity contribution >= 4 is 17.2 Å². The van der Waals surface area contributed by atoms with E-state index in [0.717, 1.165) is 17.8 Å². The van der Waals surface area contributed by atoms with Crippen LogP contribution in [0.5, 0.6) is 0 Å². The summed E-state index contributed by atoms with van der Waals surface area (Å²) in [4.78, 5) is 16.5. The van der Waals surface area contributed by atoms with Gasteiger partial charge in [-0.25, -0.2) is 4.98 Å². The highest BCUT2D eigenvalue weighted by atomic mass is 32.1. The minimum absolute atomic E-state index is 0.0180. The Hall–Kier alpha value is -0.980. The number of amides is 1. The topological polar surface area (TPSA) is 80.0 Å². The molecule has 1 saturated heterocycles. The Kier molecular flexibility index (Phi) is 4.18. The van der Waals surface area contributed by atoms with E-state index in [1.54, 1.807) is 5.38 Å². The Morgan fingerprint density at radius 3 is 2.55 bits per heavy atom. The highest BCUT2D eigenvalue weighted by Gasteiger charge is 2.38. The molecule has 0 spiro atoms. The summed E-state index contributed by atoms with van der Waals surface area (Å²) < 4.78 is 0. The number of piperidine rings is 1. The van der Waals surface area contributed by atoms with Crippen LogP contribution in [0.15, 0.2) is 5.38 Å². The summed E-state index contributed by atoms with van der Waals surface area (Å²) in [5.74, 6) is -0.0977. The number of aromatic nitrogens is 1. The van der Waals surface area contributed by atoms with Gasteiger partial charge in [0.25, 0.3) is 5.91 Å². The van der Waals surface area contributed by atoms with Crippen LogP contribution in [0, 0.1) is 0 Å². The number of nitrogens with zero attached hydrogens (tertiary/aromatic N) is 1. The molecule has 6 heteroatoms. The first-order chi connectivity index (χ1) is 9.21. The number of nitrogens with two attached hydrogens (primary N) is 1. The van der Waals surface area contributed by atoms with Crippen LogP contribution < -0.4 is 16.4 Å². The molecule has 1 aliphatic rings. The van der Waals surface area contributed by atoms with Crippen molar-refractivity contribution in [1.82, 2.24) is 15.6 Å². The van der Waals surface area contributed by atoms with Crippen LogP contribution in [0.3, 0.4) is 0 Å². The molecule has 1 aliphatic heterocycles. The lowest BCUT2D eigenvalue weighted by atomic mass is 9.79. The molecule has 1 aromatic heterocycles. The number of carbonyl (C=O) groups excluding carboxylic acids is 1. The van der Waals surface area contributed by atoms with E-state index in [-0.39, 0.29) is 23.0 Å². The summed E-state index contributed by atoms with van der Waals surface area (Å²) in [5, 5.41) is 9.28. The Morgan fingerprint density at radius 2 is 2.05 bits per heavy atom. The Morgan fingerprint density at radius 1 is 1.45 bits per heavy atom. The van der Waals surface area contributed by atoms with E-state index in [4.69, 9.17) is 5.73 Å². The second-order valence-corrected chi connectivity index (χ2v) is 7.74. The number of rotatable bonds is 3. The van der Waals surface area contributed by atoms with Gasteiger partial charge in [-0.3, -0.25) is 4.79 Å². The fourth-order valence-corrected chi connectivity index (χ4v) is 3.85. The van der Waals surface area contributed by atoms with E-state index in [0.29, 0.717) is 12.2 Å². The maximum absolute atomic E-state index is 12.2. The third-order valence-electron chi connectivity index (χ3n) is 3.48. The molecule has 4 N–H and O–H groups in total. The van der Waals surface area contributed by atoms with Crippen molar-refractivity contribution in [2.24, 2.45) is 5.73 Å². The Balaban J connectivity index is 2.03. The number of thiazole rings is 1. The van der Waals surface area contributed by atoms with Gasteiger partial charge in [0, 0.05) is 29.0 Å². The van der Waals surface area contributed by atoms with Crippen LogP contribution >= 0.6 is 11.3 Å². The fraction of sp³-hybridized carbons (Fsp3) is 0.714. The van der Waals surface area contributed by atoms with Crippen molar-refractivity contribution in [2.45, 2.75) is 64.2 Å². The van der Waals surface area contributed by atoms with Gasteiger partial charge < -0.3 is 16.4 Å². The normalized spacial score (nSPS) is 21.6. The van der Waals surface area contributed by atoms with Crippen molar-refractivity contribution in [3.63, 3.8) is 0 Å². The van der Waals surface area contributed by atoms with E-state index in [1.807, 2.05) is 0 Å². The zero-order valence-electron chi connectivity index (χ0n) is 12.6.